The minimum absolute atomic E-state index is 0.0878. The van der Waals surface area contributed by atoms with Crippen molar-refractivity contribution in [1.82, 2.24) is 9.44 Å². The molecule has 0 radical (unpaired) electrons. The van der Waals surface area contributed by atoms with E-state index >= 15 is 0 Å². The Morgan fingerprint density at radius 1 is 0.580 bits per heavy atom. The lowest BCUT2D eigenvalue weighted by atomic mass is 10.1. The van der Waals surface area contributed by atoms with Crippen molar-refractivity contribution >= 4 is 62.0 Å². The number of hydrogen-bond acceptors (Lipinski definition) is 9. The summed E-state index contributed by atoms with van der Waals surface area (Å²) in [6.45, 7) is 5.72. The summed E-state index contributed by atoms with van der Waals surface area (Å²) in [5, 5.41) is 0. The minimum atomic E-state index is -3.85. The summed E-state index contributed by atoms with van der Waals surface area (Å²) in [6.07, 6.45) is 0.337. The molecule has 0 saturated heterocycles. The number of esters is 2. The molecule has 4 rings (SSSR count). The molecule has 0 unspecified atom stereocenters. The van der Waals surface area contributed by atoms with Crippen LogP contribution in [0.25, 0.3) is 0 Å². The van der Waals surface area contributed by atoms with Gasteiger partial charge in [-0.1, -0.05) is 119 Å². The van der Waals surface area contributed by atoms with Gasteiger partial charge in [0, 0.05) is 0 Å². The highest BCUT2D eigenvalue weighted by molar-refractivity contribution is 7.89. The Labute approximate surface area is 303 Å². The van der Waals surface area contributed by atoms with E-state index in [4.69, 9.17) is 37.5 Å². The van der Waals surface area contributed by atoms with Crippen molar-refractivity contribution in [2.75, 3.05) is 12.1 Å². The molecule has 50 heavy (non-hydrogen) atoms. The first-order valence-corrected chi connectivity index (χ1v) is 18.9. The van der Waals surface area contributed by atoms with Crippen LogP contribution in [-0.2, 0) is 56.7 Å². The van der Waals surface area contributed by atoms with Crippen LogP contribution in [0.4, 0.5) is 0 Å². The van der Waals surface area contributed by atoms with E-state index in [9.17, 15) is 26.4 Å². The summed E-state index contributed by atoms with van der Waals surface area (Å²) in [5.74, 6) is -1.44. The third kappa shape index (κ3) is 14.0. The first-order valence-electron chi connectivity index (χ1n) is 14.8. The number of aryl methyl sites for hydroxylation is 2. The number of sulfonamides is 2. The third-order valence-electron chi connectivity index (χ3n) is 6.79. The Hall–Kier alpha value is -4.11. The second-order valence-corrected chi connectivity index (χ2v) is 14.4. The van der Waals surface area contributed by atoms with Gasteiger partial charge < -0.3 is 14.3 Å². The number of nitrogens with one attached hydrogen (secondary N) is 2. The largest absolute Gasteiger partial charge is 0.448 e. The van der Waals surface area contributed by atoms with Gasteiger partial charge in [0.25, 0.3) is 0 Å². The van der Waals surface area contributed by atoms with Crippen LogP contribution in [0.2, 0.25) is 0 Å². The molecule has 2 atom stereocenters. The minimum Gasteiger partial charge on any atom is -0.448 e. The van der Waals surface area contributed by atoms with Crippen LogP contribution in [0, 0.1) is 13.8 Å². The fourth-order valence-corrected chi connectivity index (χ4v) is 6.88. The topological polar surface area (TPSA) is 162 Å². The lowest BCUT2D eigenvalue weighted by molar-refractivity contribution is -0.144. The Kier molecular flexibility index (Phi) is 17.8. The van der Waals surface area contributed by atoms with Gasteiger partial charge in [0.05, 0.1) is 9.79 Å². The Bertz CT molecular complexity index is 1710. The molecule has 4 aromatic rings. The SMILES string of the molecule is C=O.Cc1ccc(S(=O)(=O)N[C@@H](Cc2ccccc2)C(=O)OCCl)cc1.Cc1ccc(S(=O)(=O)N[C@@H](Cc2ccccc2)C(=O)OCCl)cc1. The molecular formula is C35H38Cl2N2O9S2. The van der Waals surface area contributed by atoms with E-state index in [0.717, 1.165) is 22.3 Å². The highest BCUT2D eigenvalue weighted by Gasteiger charge is 2.28. The van der Waals surface area contributed by atoms with Crippen molar-refractivity contribution in [3.05, 3.63) is 131 Å². The van der Waals surface area contributed by atoms with Crippen molar-refractivity contribution in [2.45, 2.75) is 48.6 Å². The number of hydrogen-bond donors (Lipinski definition) is 2. The van der Waals surface area contributed by atoms with Gasteiger partial charge in [-0.15, -0.1) is 0 Å². The van der Waals surface area contributed by atoms with Gasteiger partial charge in [0.2, 0.25) is 20.0 Å². The van der Waals surface area contributed by atoms with E-state index in [1.807, 2.05) is 57.0 Å². The van der Waals surface area contributed by atoms with Gasteiger partial charge >= 0.3 is 11.9 Å². The summed E-state index contributed by atoms with van der Waals surface area (Å²) in [4.78, 5) is 32.3. The maximum atomic E-state index is 12.5. The molecule has 0 heterocycles. The Morgan fingerprint density at radius 3 is 1.16 bits per heavy atom. The molecule has 0 saturated carbocycles. The molecule has 0 fully saturated rings. The van der Waals surface area contributed by atoms with Gasteiger partial charge in [0.15, 0.2) is 12.1 Å². The van der Waals surface area contributed by atoms with Crippen molar-refractivity contribution in [1.29, 1.82) is 0 Å². The van der Waals surface area contributed by atoms with E-state index in [0.29, 0.717) is 0 Å². The van der Waals surface area contributed by atoms with Gasteiger partial charge in [-0.25, -0.2) is 16.8 Å². The highest BCUT2D eigenvalue weighted by Crippen LogP contribution is 2.15. The van der Waals surface area contributed by atoms with E-state index in [2.05, 4.69) is 9.44 Å². The van der Waals surface area contributed by atoms with Crippen molar-refractivity contribution in [3.63, 3.8) is 0 Å². The lowest BCUT2D eigenvalue weighted by Crippen LogP contribution is -2.43. The normalized spacial score (nSPS) is 12.2. The fraction of sp³-hybridized carbons (Fsp3) is 0.229. The molecule has 0 aliphatic heterocycles. The first-order chi connectivity index (χ1) is 23.8. The van der Waals surface area contributed by atoms with E-state index in [1.54, 1.807) is 48.5 Å². The van der Waals surface area contributed by atoms with Crippen LogP contribution in [0.1, 0.15) is 22.3 Å². The number of rotatable bonds is 14. The van der Waals surface area contributed by atoms with Crippen LogP contribution in [0.3, 0.4) is 0 Å². The summed E-state index contributed by atoms with van der Waals surface area (Å²) in [6, 6.07) is 28.1. The zero-order chi connectivity index (χ0) is 37.2. The quantitative estimate of drug-likeness (QED) is 0.132. The van der Waals surface area contributed by atoms with Crippen LogP contribution in [0.15, 0.2) is 119 Å². The van der Waals surface area contributed by atoms with Gasteiger partial charge in [-0.3, -0.25) is 9.59 Å². The van der Waals surface area contributed by atoms with Crippen LogP contribution < -0.4 is 9.44 Å². The number of benzene rings is 4. The monoisotopic (exact) mass is 764 g/mol. The average molecular weight is 766 g/mol. The molecule has 0 spiro atoms. The van der Waals surface area contributed by atoms with Crippen LogP contribution in [-0.4, -0.2) is 59.8 Å². The van der Waals surface area contributed by atoms with E-state index in [1.165, 1.54) is 24.3 Å². The zero-order valence-corrected chi connectivity index (χ0v) is 30.5. The molecule has 0 aromatic heterocycles. The van der Waals surface area contributed by atoms with E-state index < -0.39 is 44.1 Å². The molecule has 0 aliphatic carbocycles. The molecular weight excluding hydrogens is 727 g/mol. The number of alkyl halides is 2. The number of carbonyl (C=O) groups is 3. The lowest BCUT2D eigenvalue weighted by Gasteiger charge is -2.17. The standard InChI is InChI=1S/2C17H18ClNO4S.CH2O/c2*1-13-7-9-15(10-8-13)24(21,22)19-16(17(20)23-12-18)11-14-5-3-2-4-6-14;1-2/h2*2-10,16,19H,11-12H2,1H3;1H2/t2*16-;/m00./s1. The summed E-state index contributed by atoms with van der Waals surface area (Å²) in [7, 11) is -7.71. The van der Waals surface area contributed by atoms with E-state index in [-0.39, 0.29) is 34.8 Å². The molecule has 11 nitrogen and oxygen atoms in total. The third-order valence-corrected chi connectivity index (χ3v) is 9.98. The summed E-state index contributed by atoms with van der Waals surface area (Å²) in [5.41, 5.74) is 3.49. The molecule has 4 aromatic carbocycles. The number of halogens is 2. The highest BCUT2D eigenvalue weighted by atomic mass is 35.5. The predicted octanol–water partition coefficient (Wildman–Crippen LogP) is 5.06. The first kappa shape index (κ1) is 42.1. The second kappa shape index (κ2) is 21.2. The maximum absolute atomic E-state index is 12.5. The fourth-order valence-electron chi connectivity index (χ4n) is 4.30. The Morgan fingerprint density at radius 2 is 0.880 bits per heavy atom. The molecule has 0 amide bonds. The van der Waals surface area contributed by atoms with Crippen molar-refractivity contribution in [2.24, 2.45) is 0 Å². The van der Waals surface area contributed by atoms with Crippen LogP contribution in [0.5, 0.6) is 0 Å². The number of carbonyl (C=O) groups excluding carboxylic acids is 3. The maximum Gasteiger partial charge on any atom is 0.325 e. The molecule has 15 heteroatoms. The zero-order valence-electron chi connectivity index (χ0n) is 27.3. The number of ether oxygens (including phenoxy) is 2. The van der Waals surface area contributed by atoms with Gasteiger partial charge in [-0.05, 0) is 62.1 Å². The summed E-state index contributed by atoms with van der Waals surface area (Å²) >= 11 is 10.9. The van der Waals surface area contributed by atoms with Crippen molar-refractivity contribution in [3.8, 4) is 0 Å². The second-order valence-electron chi connectivity index (χ2n) is 10.5. The van der Waals surface area contributed by atoms with Gasteiger partial charge in [0.1, 0.15) is 18.9 Å². The molecule has 268 valence electrons. The molecule has 2 N–H and O–H groups in total. The van der Waals surface area contributed by atoms with Crippen LogP contribution >= 0.6 is 23.2 Å². The summed E-state index contributed by atoms with van der Waals surface area (Å²) < 4.78 is 64.4. The van der Waals surface area contributed by atoms with Crippen molar-refractivity contribution < 1.29 is 40.7 Å². The smallest absolute Gasteiger partial charge is 0.325 e. The molecule has 0 aliphatic rings. The van der Waals surface area contributed by atoms with Gasteiger partial charge in [-0.2, -0.15) is 9.44 Å². The average Bonchev–Trinajstić information content (AvgIpc) is 3.10. The predicted molar refractivity (Wildman–Crippen MR) is 192 cm³/mol. The molecule has 0 bridgehead atoms. The Balaban J connectivity index is 0.000000330.